The molecule has 2 aromatic carbocycles. The van der Waals surface area contributed by atoms with Gasteiger partial charge in [-0.2, -0.15) is 18.3 Å². The molecule has 0 aliphatic heterocycles. The Bertz CT molecular complexity index is 1340. The number of carboxylic acids is 2. The summed E-state index contributed by atoms with van der Waals surface area (Å²) in [6.45, 7) is 7.45. The first kappa shape index (κ1) is 28.7. The van der Waals surface area contributed by atoms with E-state index in [1.807, 2.05) is 18.2 Å². The highest BCUT2D eigenvalue weighted by atomic mass is 19.4. The zero-order chi connectivity index (χ0) is 28.4. The Balaban J connectivity index is 0.000000505. The molecule has 0 amide bonds. The van der Waals surface area contributed by atoms with E-state index in [9.17, 15) is 28.2 Å². The molecule has 204 valence electrons. The first-order valence-electron chi connectivity index (χ1n) is 12.0. The fourth-order valence-electron chi connectivity index (χ4n) is 4.29. The van der Waals surface area contributed by atoms with Gasteiger partial charge in [0, 0.05) is 23.2 Å². The van der Waals surface area contributed by atoms with Crippen LogP contribution in [0, 0.1) is 0 Å². The van der Waals surface area contributed by atoms with Crippen molar-refractivity contribution in [2.45, 2.75) is 58.2 Å². The Labute approximate surface area is 217 Å². The summed E-state index contributed by atoms with van der Waals surface area (Å²) < 4.78 is 33.3. The van der Waals surface area contributed by atoms with E-state index >= 15 is 0 Å². The second kappa shape index (κ2) is 10.9. The van der Waals surface area contributed by atoms with Crippen LogP contribution in [0.1, 0.15) is 54.4 Å². The highest BCUT2D eigenvalue weighted by Gasteiger charge is 2.38. The smallest absolute Gasteiger partial charge is 0.490 e. The maximum absolute atomic E-state index is 12.0. The van der Waals surface area contributed by atoms with Gasteiger partial charge in [0.2, 0.25) is 0 Å². The summed E-state index contributed by atoms with van der Waals surface area (Å²) in [4.78, 5) is 20.8. The number of aryl methyl sites for hydroxylation is 2. The molecule has 0 radical (unpaired) electrons. The minimum absolute atomic E-state index is 0.0505. The van der Waals surface area contributed by atoms with Gasteiger partial charge in [0.1, 0.15) is 11.4 Å². The van der Waals surface area contributed by atoms with E-state index in [2.05, 4.69) is 38.0 Å². The zero-order valence-corrected chi connectivity index (χ0v) is 21.3. The predicted molar refractivity (Wildman–Crippen MR) is 135 cm³/mol. The van der Waals surface area contributed by atoms with Gasteiger partial charge >= 0.3 is 18.1 Å². The molecule has 38 heavy (non-hydrogen) atoms. The van der Waals surface area contributed by atoms with Gasteiger partial charge in [-0.15, -0.1) is 0 Å². The molecule has 3 aromatic rings. The van der Waals surface area contributed by atoms with Crippen molar-refractivity contribution in [2.75, 3.05) is 6.54 Å². The number of benzene rings is 2. The van der Waals surface area contributed by atoms with E-state index in [0.29, 0.717) is 38.0 Å². The lowest BCUT2D eigenvalue weighted by Crippen LogP contribution is -2.21. The summed E-state index contributed by atoms with van der Waals surface area (Å²) in [7, 11) is 0. The number of hydrogen-bond donors (Lipinski definition) is 4. The maximum Gasteiger partial charge on any atom is 0.490 e. The van der Waals surface area contributed by atoms with Gasteiger partial charge in [-0.05, 0) is 60.0 Å². The van der Waals surface area contributed by atoms with Gasteiger partial charge in [0.25, 0.3) is 0 Å². The number of phenolic OH excluding ortho intramolecular Hbond substituents is 1. The van der Waals surface area contributed by atoms with Crippen molar-refractivity contribution < 1.29 is 38.1 Å². The molecule has 0 unspecified atom stereocenters. The largest absolute Gasteiger partial charge is 0.507 e. The van der Waals surface area contributed by atoms with Crippen LogP contribution in [0.15, 0.2) is 36.4 Å². The third-order valence-corrected chi connectivity index (χ3v) is 6.25. The summed E-state index contributed by atoms with van der Waals surface area (Å²) in [6.07, 6.45) is -3.16. The van der Waals surface area contributed by atoms with Crippen LogP contribution in [0.3, 0.4) is 0 Å². The van der Waals surface area contributed by atoms with Crippen LogP contribution in [-0.4, -0.2) is 49.8 Å². The number of fused-ring (bicyclic) bond motifs is 3. The van der Waals surface area contributed by atoms with Gasteiger partial charge in [-0.3, -0.25) is 4.68 Å². The number of nitrogens with zero attached hydrogens (tertiary/aromatic N) is 2. The Morgan fingerprint density at radius 2 is 1.63 bits per heavy atom. The Morgan fingerprint density at radius 3 is 2.13 bits per heavy atom. The normalized spacial score (nSPS) is 12.7. The van der Waals surface area contributed by atoms with Crippen LogP contribution in [0.4, 0.5) is 13.2 Å². The molecule has 4 rings (SSSR count). The van der Waals surface area contributed by atoms with Crippen LogP contribution in [-0.2, 0) is 29.6 Å². The number of alkyl halides is 3. The molecule has 1 heterocycles. The number of carbonyl (C=O) groups is 2. The molecule has 0 saturated heterocycles. The summed E-state index contributed by atoms with van der Waals surface area (Å²) >= 11 is 0. The lowest BCUT2D eigenvalue weighted by molar-refractivity contribution is -0.192. The minimum Gasteiger partial charge on any atom is -0.507 e. The minimum atomic E-state index is -5.08. The molecule has 0 bridgehead atoms. The SMILES string of the molecule is CC(C)(C)c1ccc(-c2cc3c(cc2O)CCc2c-3nn(CCCN)c2C(=O)O)cc1.O=C(O)C(F)(F)F. The fourth-order valence-corrected chi connectivity index (χ4v) is 4.29. The van der Waals surface area contributed by atoms with Crippen molar-refractivity contribution in [1.82, 2.24) is 9.78 Å². The summed E-state index contributed by atoms with van der Waals surface area (Å²) in [5.74, 6) is -3.50. The second-order valence-corrected chi connectivity index (χ2v) is 10.0. The quantitative estimate of drug-likeness (QED) is 0.362. The molecule has 1 aliphatic carbocycles. The van der Waals surface area contributed by atoms with E-state index in [1.165, 1.54) is 5.56 Å². The van der Waals surface area contributed by atoms with Crippen molar-refractivity contribution >= 4 is 11.9 Å². The Hall–Kier alpha value is -3.86. The van der Waals surface area contributed by atoms with E-state index < -0.39 is 18.1 Å². The Kier molecular flexibility index (Phi) is 8.21. The molecule has 0 atom stereocenters. The number of hydrogen-bond acceptors (Lipinski definition) is 5. The topological polar surface area (TPSA) is 139 Å². The van der Waals surface area contributed by atoms with Gasteiger partial charge in [0.15, 0.2) is 0 Å². The van der Waals surface area contributed by atoms with Crippen molar-refractivity contribution in [3.63, 3.8) is 0 Å². The molecular formula is C27H30F3N3O5. The molecule has 0 fully saturated rings. The zero-order valence-electron chi connectivity index (χ0n) is 21.3. The molecule has 0 spiro atoms. The van der Waals surface area contributed by atoms with E-state index in [1.54, 1.807) is 10.7 Å². The van der Waals surface area contributed by atoms with Gasteiger partial charge in [-0.25, -0.2) is 9.59 Å². The number of aromatic hydroxyl groups is 1. The maximum atomic E-state index is 12.0. The van der Waals surface area contributed by atoms with Crippen molar-refractivity contribution in [2.24, 2.45) is 5.73 Å². The van der Waals surface area contributed by atoms with E-state index in [0.717, 1.165) is 27.8 Å². The average Bonchev–Trinajstić information content (AvgIpc) is 3.20. The Morgan fingerprint density at radius 1 is 1.03 bits per heavy atom. The van der Waals surface area contributed by atoms with Gasteiger partial charge < -0.3 is 21.1 Å². The lowest BCUT2D eigenvalue weighted by Gasteiger charge is -2.20. The van der Waals surface area contributed by atoms with Gasteiger partial charge in [0.05, 0.1) is 5.69 Å². The number of halogens is 3. The van der Waals surface area contributed by atoms with Crippen LogP contribution < -0.4 is 5.73 Å². The first-order valence-corrected chi connectivity index (χ1v) is 12.0. The molecular weight excluding hydrogens is 503 g/mol. The van der Waals surface area contributed by atoms with Gasteiger partial charge in [-0.1, -0.05) is 45.0 Å². The number of phenols is 1. The summed E-state index contributed by atoms with van der Waals surface area (Å²) in [5.41, 5.74) is 12.1. The predicted octanol–water partition coefficient (Wildman–Crippen LogP) is 5.00. The molecule has 8 nitrogen and oxygen atoms in total. The van der Waals surface area contributed by atoms with E-state index in [-0.39, 0.29) is 16.9 Å². The van der Waals surface area contributed by atoms with E-state index in [4.69, 9.17) is 15.6 Å². The third-order valence-electron chi connectivity index (χ3n) is 6.25. The highest BCUT2D eigenvalue weighted by molar-refractivity contribution is 5.91. The fraction of sp³-hybridized carbons (Fsp3) is 0.370. The first-order chi connectivity index (χ1) is 17.6. The number of aromatic nitrogens is 2. The van der Waals surface area contributed by atoms with Crippen molar-refractivity contribution in [3.8, 4) is 28.1 Å². The molecule has 1 aliphatic rings. The number of nitrogens with two attached hydrogens (primary N) is 1. The summed E-state index contributed by atoms with van der Waals surface area (Å²) in [6, 6.07) is 12.0. The number of carboxylic acid groups (broad SMARTS) is 2. The van der Waals surface area contributed by atoms with Crippen molar-refractivity contribution in [3.05, 3.63) is 58.8 Å². The standard InChI is InChI=1S/C25H29N3O3.C2HF3O2/c1-25(2,3)17-8-5-15(6-9-17)19-14-20-16(13-21(19)29)7-10-18-22(20)27-28(12-4-11-26)23(18)24(30)31;3-2(4,5)1(6)7/h5-6,8-9,13-14,29H,4,7,10-12,26H2,1-3H3,(H,30,31);(H,6,7). The third kappa shape index (κ3) is 6.16. The lowest BCUT2D eigenvalue weighted by atomic mass is 9.84. The number of aromatic carboxylic acids is 1. The average molecular weight is 534 g/mol. The van der Waals surface area contributed by atoms with Crippen LogP contribution in [0.2, 0.25) is 0 Å². The van der Waals surface area contributed by atoms with Crippen LogP contribution in [0.5, 0.6) is 5.75 Å². The molecule has 0 saturated carbocycles. The molecule has 1 aromatic heterocycles. The monoisotopic (exact) mass is 533 g/mol. The highest BCUT2D eigenvalue weighted by Crippen LogP contribution is 2.41. The number of aliphatic carboxylic acids is 1. The number of rotatable bonds is 5. The second-order valence-electron chi connectivity index (χ2n) is 10.0. The van der Waals surface area contributed by atoms with Crippen molar-refractivity contribution in [1.29, 1.82) is 0 Å². The molecule has 5 N–H and O–H groups in total. The van der Waals surface area contributed by atoms with Crippen LogP contribution >= 0.6 is 0 Å². The molecule has 11 heteroatoms. The summed E-state index contributed by atoms with van der Waals surface area (Å²) in [5, 5.41) is 32.3. The van der Waals surface area contributed by atoms with Crippen LogP contribution in [0.25, 0.3) is 22.4 Å².